The normalized spacial score (nSPS) is 17.0. The number of carbonyl (C=O) groups is 2. The number of sulfonamides is 1. The Bertz CT molecular complexity index is 941. The summed E-state index contributed by atoms with van der Waals surface area (Å²) in [5, 5.41) is 5.23. The van der Waals surface area contributed by atoms with E-state index < -0.39 is 22.0 Å². The lowest BCUT2D eigenvalue weighted by molar-refractivity contribution is -0.120. The lowest BCUT2D eigenvalue weighted by Gasteiger charge is -2.12. The van der Waals surface area contributed by atoms with E-state index in [0.29, 0.717) is 18.7 Å². The van der Waals surface area contributed by atoms with E-state index in [1.54, 1.807) is 12.1 Å². The second-order valence-electron chi connectivity index (χ2n) is 5.92. The van der Waals surface area contributed by atoms with Gasteiger partial charge in [-0.1, -0.05) is 6.07 Å². The third-order valence-electron chi connectivity index (χ3n) is 3.92. The Kier molecular flexibility index (Phi) is 5.01. The van der Waals surface area contributed by atoms with E-state index in [1.807, 2.05) is 6.92 Å². The first-order chi connectivity index (χ1) is 12.3. The van der Waals surface area contributed by atoms with Gasteiger partial charge in [-0.05, 0) is 43.7 Å². The quantitative estimate of drug-likeness (QED) is 0.716. The first-order valence-corrected chi connectivity index (χ1v) is 9.47. The minimum absolute atomic E-state index is 0.0770. The molecule has 0 aliphatic carbocycles. The van der Waals surface area contributed by atoms with E-state index in [-0.39, 0.29) is 16.4 Å². The van der Waals surface area contributed by atoms with Crippen molar-refractivity contribution in [3.8, 4) is 0 Å². The zero-order chi connectivity index (χ0) is 18.7. The number of hydrogen-bond acceptors (Lipinski definition) is 5. The number of benzene rings is 1. The Morgan fingerprint density at radius 3 is 2.73 bits per heavy atom. The summed E-state index contributed by atoms with van der Waals surface area (Å²) >= 11 is 0. The summed E-state index contributed by atoms with van der Waals surface area (Å²) in [7, 11) is -3.91. The van der Waals surface area contributed by atoms with Gasteiger partial charge in [0.2, 0.25) is 15.9 Å². The van der Waals surface area contributed by atoms with Gasteiger partial charge in [-0.3, -0.25) is 14.6 Å². The highest BCUT2D eigenvalue weighted by Crippen LogP contribution is 2.15. The molecule has 0 saturated carbocycles. The molecule has 1 aromatic heterocycles. The van der Waals surface area contributed by atoms with Gasteiger partial charge in [0.1, 0.15) is 6.04 Å². The Morgan fingerprint density at radius 2 is 2.08 bits per heavy atom. The van der Waals surface area contributed by atoms with E-state index >= 15 is 0 Å². The first kappa shape index (κ1) is 18.0. The predicted octanol–water partition coefficient (Wildman–Crippen LogP) is 0.809. The van der Waals surface area contributed by atoms with Crippen molar-refractivity contribution in [2.24, 2.45) is 0 Å². The fourth-order valence-electron chi connectivity index (χ4n) is 2.51. The van der Waals surface area contributed by atoms with Crippen LogP contribution in [0, 0.1) is 6.92 Å². The molecule has 0 bridgehead atoms. The van der Waals surface area contributed by atoms with E-state index in [2.05, 4.69) is 20.3 Å². The van der Waals surface area contributed by atoms with Crippen LogP contribution in [0.4, 0.5) is 5.69 Å². The van der Waals surface area contributed by atoms with Crippen LogP contribution >= 0.6 is 0 Å². The van der Waals surface area contributed by atoms with Crippen molar-refractivity contribution in [1.29, 1.82) is 0 Å². The average Bonchev–Trinajstić information content (AvgIpc) is 3.01. The smallest absolute Gasteiger partial charge is 0.255 e. The fraction of sp³-hybridized carbons (Fsp3) is 0.235. The zero-order valence-electron chi connectivity index (χ0n) is 14.0. The van der Waals surface area contributed by atoms with E-state index in [4.69, 9.17) is 0 Å². The molecule has 9 heteroatoms. The Labute approximate surface area is 151 Å². The molecule has 1 fully saturated rings. The standard InChI is InChI=1S/C17H18N4O4S/c1-11-5-6-13(10-19-11)20-16(22)12-3-2-4-14(9-12)26(24,25)21-15-7-8-18-17(15)23/h2-6,9-10,15,21H,7-8H2,1H3,(H,18,23)(H,20,22)/t15-/m0/s1. The minimum Gasteiger partial charge on any atom is -0.355 e. The molecule has 136 valence electrons. The van der Waals surface area contributed by atoms with Crippen molar-refractivity contribution >= 4 is 27.5 Å². The summed E-state index contributed by atoms with van der Waals surface area (Å²) in [4.78, 5) is 27.9. The van der Waals surface area contributed by atoms with Crippen LogP contribution in [-0.2, 0) is 14.8 Å². The van der Waals surface area contributed by atoms with Crippen molar-refractivity contribution in [2.45, 2.75) is 24.3 Å². The Morgan fingerprint density at radius 1 is 1.27 bits per heavy atom. The molecule has 1 aliphatic rings. The molecule has 1 aliphatic heterocycles. The number of nitrogens with zero attached hydrogens (tertiary/aromatic N) is 1. The lowest BCUT2D eigenvalue weighted by atomic mass is 10.2. The molecule has 1 aromatic carbocycles. The second kappa shape index (κ2) is 7.22. The summed E-state index contributed by atoms with van der Waals surface area (Å²) in [6.45, 7) is 2.26. The summed E-state index contributed by atoms with van der Waals surface area (Å²) in [6, 6.07) is 8.31. The van der Waals surface area contributed by atoms with E-state index in [0.717, 1.165) is 5.69 Å². The molecule has 0 spiro atoms. The van der Waals surface area contributed by atoms with Crippen molar-refractivity contribution in [3.05, 3.63) is 53.9 Å². The van der Waals surface area contributed by atoms with Gasteiger partial charge in [0.15, 0.2) is 0 Å². The molecule has 3 N–H and O–H groups in total. The van der Waals surface area contributed by atoms with Crippen molar-refractivity contribution in [2.75, 3.05) is 11.9 Å². The molecule has 2 aromatic rings. The molecule has 0 radical (unpaired) electrons. The minimum atomic E-state index is -3.91. The third-order valence-corrected chi connectivity index (χ3v) is 5.39. The van der Waals surface area contributed by atoms with E-state index in [9.17, 15) is 18.0 Å². The van der Waals surface area contributed by atoms with Gasteiger partial charge in [0.05, 0.1) is 16.8 Å². The number of nitrogens with one attached hydrogen (secondary N) is 3. The third kappa shape index (κ3) is 4.06. The molecule has 2 heterocycles. The number of rotatable bonds is 5. The van der Waals surface area contributed by atoms with Gasteiger partial charge in [-0.2, -0.15) is 4.72 Å². The van der Waals surface area contributed by atoms with Crippen molar-refractivity contribution in [1.82, 2.24) is 15.0 Å². The average molecular weight is 374 g/mol. The number of carbonyl (C=O) groups excluding carboxylic acids is 2. The van der Waals surface area contributed by atoms with Gasteiger partial charge in [-0.15, -0.1) is 0 Å². The topological polar surface area (TPSA) is 117 Å². The van der Waals surface area contributed by atoms with Crippen LogP contribution in [0.15, 0.2) is 47.5 Å². The summed E-state index contributed by atoms with van der Waals surface area (Å²) in [5.74, 6) is -0.805. The van der Waals surface area contributed by atoms with Gasteiger partial charge < -0.3 is 10.6 Å². The maximum absolute atomic E-state index is 12.5. The summed E-state index contributed by atoms with van der Waals surface area (Å²) < 4.78 is 27.3. The molecule has 0 unspecified atom stereocenters. The lowest BCUT2D eigenvalue weighted by Crippen LogP contribution is -2.40. The summed E-state index contributed by atoms with van der Waals surface area (Å²) in [5.41, 5.74) is 1.51. The van der Waals surface area contributed by atoms with Gasteiger partial charge >= 0.3 is 0 Å². The highest BCUT2D eigenvalue weighted by molar-refractivity contribution is 7.89. The number of anilines is 1. The van der Waals surface area contributed by atoms with Crippen LogP contribution < -0.4 is 15.4 Å². The SMILES string of the molecule is Cc1ccc(NC(=O)c2cccc(S(=O)(=O)N[C@H]3CCNC3=O)c2)cn1. The maximum Gasteiger partial charge on any atom is 0.255 e. The molecule has 1 saturated heterocycles. The molecule has 2 amide bonds. The van der Waals surface area contributed by atoms with Crippen LogP contribution in [0.5, 0.6) is 0 Å². The van der Waals surface area contributed by atoms with E-state index in [1.165, 1.54) is 30.5 Å². The molecular formula is C17H18N4O4S. The highest BCUT2D eigenvalue weighted by Gasteiger charge is 2.29. The van der Waals surface area contributed by atoms with Crippen molar-refractivity contribution < 1.29 is 18.0 Å². The van der Waals surface area contributed by atoms with Crippen LogP contribution in [0.25, 0.3) is 0 Å². The summed E-state index contributed by atoms with van der Waals surface area (Å²) in [6.07, 6.45) is 1.91. The van der Waals surface area contributed by atoms with Gasteiger partial charge in [0.25, 0.3) is 5.91 Å². The van der Waals surface area contributed by atoms with Crippen LogP contribution in [0.1, 0.15) is 22.5 Å². The molecule has 3 rings (SSSR count). The maximum atomic E-state index is 12.5. The largest absolute Gasteiger partial charge is 0.355 e. The van der Waals surface area contributed by atoms with Gasteiger partial charge in [0, 0.05) is 17.8 Å². The number of amides is 2. The molecule has 8 nitrogen and oxygen atoms in total. The van der Waals surface area contributed by atoms with Crippen LogP contribution in [0.3, 0.4) is 0 Å². The van der Waals surface area contributed by atoms with Gasteiger partial charge in [-0.25, -0.2) is 8.42 Å². The number of aryl methyl sites for hydroxylation is 1. The van der Waals surface area contributed by atoms with Crippen LogP contribution in [-0.4, -0.2) is 37.8 Å². The molecule has 1 atom stereocenters. The predicted molar refractivity (Wildman–Crippen MR) is 95.1 cm³/mol. The number of pyridine rings is 1. The number of hydrogen-bond donors (Lipinski definition) is 3. The first-order valence-electron chi connectivity index (χ1n) is 7.99. The molecule has 26 heavy (non-hydrogen) atoms. The highest BCUT2D eigenvalue weighted by atomic mass is 32.2. The Balaban J connectivity index is 1.77. The number of aromatic nitrogens is 1. The second-order valence-corrected chi connectivity index (χ2v) is 7.64. The van der Waals surface area contributed by atoms with Crippen LogP contribution in [0.2, 0.25) is 0 Å². The zero-order valence-corrected chi connectivity index (χ0v) is 14.8. The van der Waals surface area contributed by atoms with Crippen molar-refractivity contribution in [3.63, 3.8) is 0 Å². The monoisotopic (exact) mass is 374 g/mol. The molecular weight excluding hydrogens is 356 g/mol. The fourth-order valence-corrected chi connectivity index (χ4v) is 3.79. The Hall–Kier alpha value is -2.78.